The van der Waals surface area contributed by atoms with E-state index in [1.165, 1.54) is 5.56 Å². The van der Waals surface area contributed by atoms with Crippen LogP contribution in [0.1, 0.15) is 30.9 Å². The second-order valence-corrected chi connectivity index (χ2v) is 7.05. The van der Waals surface area contributed by atoms with Gasteiger partial charge in [-0.25, -0.2) is 0 Å². The maximum absolute atomic E-state index is 12.5. The van der Waals surface area contributed by atoms with E-state index in [1.54, 1.807) is 18.2 Å². The highest BCUT2D eigenvalue weighted by Gasteiger charge is 2.20. The first-order valence-corrected chi connectivity index (χ1v) is 9.46. The Bertz CT molecular complexity index is 795. The maximum Gasteiger partial charge on any atom is 0.261 e. The molecule has 26 heavy (non-hydrogen) atoms. The van der Waals surface area contributed by atoms with E-state index in [9.17, 15) is 4.79 Å². The summed E-state index contributed by atoms with van der Waals surface area (Å²) in [7, 11) is 0. The predicted octanol–water partition coefficient (Wildman–Crippen LogP) is 4.79. The molecule has 0 radical (unpaired) electrons. The fourth-order valence-electron chi connectivity index (χ4n) is 2.87. The highest BCUT2D eigenvalue weighted by atomic mass is 35.5. The summed E-state index contributed by atoms with van der Waals surface area (Å²) in [4.78, 5) is 12.5. The Morgan fingerprint density at radius 3 is 2.88 bits per heavy atom. The number of fused-ring (bicyclic) bond motifs is 1. The number of ether oxygens (including phenoxy) is 2. The van der Waals surface area contributed by atoms with Gasteiger partial charge in [-0.05, 0) is 54.7 Å². The number of hydrogen-bond donors (Lipinski definition) is 1. The number of nitrogens with one attached hydrogen (secondary N) is 1. The Morgan fingerprint density at radius 2 is 2.12 bits per heavy atom. The molecular weight excluding hydrogens is 373 g/mol. The second-order valence-electron chi connectivity index (χ2n) is 6.20. The molecule has 0 aromatic heterocycles. The Kier molecular flexibility index (Phi) is 6.28. The standard InChI is InChI=1S/C20H21Cl2NO3/c1-2-17(26-19-8-6-15(21)11-16(19)22)20(24)23-12-13-5-7-18-14(10-13)4-3-9-25-18/h5-8,10-11,17H,2-4,9,12H2,1H3,(H,23,24)/t17-/m1/s1. The predicted molar refractivity (Wildman–Crippen MR) is 103 cm³/mol. The van der Waals surface area contributed by atoms with Gasteiger partial charge in [0.1, 0.15) is 11.5 Å². The summed E-state index contributed by atoms with van der Waals surface area (Å²) in [6.45, 7) is 3.11. The van der Waals surface area contributed by atoms with Gasteiger partial charge in [-0.2, -0.15) is 0 Å². The Hall–Kier alpha value is -1.91. The van der Waals surface area contributed by atoms with Crippen molar-refractivity contribution in [1.29, 1.82) is 0 Å². The van der Waals surface area contributed by atoms with Crippen molar-refractivity contribution in [2.45, 2.75) is 38.8 Å². The number of halogens is 2. The van der Waals surface area contributed by atoms with Crippen LogP contribution in [0, 0.1) is 0 Å². The number of rotatable bonds is 6. The van der Waals surface area contributed by atoms with Gasteiger partial charge >= 0.3 is 0 Å². The van der Waals surface area contributed by atoms with Gasteiger partial charge in [0.2, 0.25) is 0 Å². The molecule has 2 aromatic rings. The molecule has 0 aliphatic carbocycles. The van der Waals surface area contributed by atoms with Crippen molar-refractivity contribution in [2.75, 3.05) is 6.61 Å². The van der Waals surface area contributed by atoms with E-state index >= 15 is 0 Å². The zero-order valence-electron chi connectivity index (χ0n) is 14.6. The Balaban J connectivity index is 1.60. The summed E-state index contributed by atoms with van der Waals surface area (Å²) in [6.07, 6.45) is 1.95. The van der Waals surface area contributed by atoms with Gasteiger partial charge in [0, 0.05) is 11.6 Å². The average molecular weight is 394 g/mol. The van der Waals surface area contributed by atoms with E-state index in [0.29, 0.717) is 28.8 Å². The van der Waals surface area contributed by atoms with Gasteiger partial charge in [-0.3, -0.25) is 4.79 Å². The van der Waals surface area contributed by atoms with E-state index in [4.69, 9.17) is 32.7 Å². The molecule has 6 heteroatoms. The molecule has 1 aliphatic heterocycles. The molecule has 1 amide bonds. The second kappa shape index (κ2) is 8.65. The molecule has 0 spiro atoms. The molecule has 4 nitrogen and oxygen atoms in total. The van der Waals surface area contributed by atoms with Crippen molar-refractivity contribution < 1.29 is 14.3 Å². The van der Waals surface area contributed by atoms with Crippen molar-refractivity contribution in [2.24, 2.45) is 0 Å². The molecule has 1 heterocycles. The quantitative estimate of drug-likeness (QED) is 0.766. The third-order valence-corrected chi connectivity index (χ3v) is 4.80. The van der Waals surface area contributed by atoms with Gasteiger partial charge < -0.3 is 14.8 Å². The first kappa shape index (κ1) is 18.9. The number of aryl methyl sites for hydroxylation is 1. The van der Waals surface area contributed by atoms with Gasteiger partial charge in [-0.15, -0.1) is 0 Å². The number of carbonyl (C=O) groups is 1. The molecule has 0 fully saturated rings. The molecule has 2 aromatic carbocycles. The van der Waals surface area contributed by atoms with E-state index in [0.717, 1.165) is 30.8 Å². The molecule has 1 aliphatic rings. The van der Waals surface area contributed by atoms with Crippen molar-refractivity contribution in [3.63, 3.8) is 0 Å². The van der Waals surface area contributed by atoms with Crippen LogP contribution in [0.15, 0.2) is 36.4 Å². The van der Waals surface area contributed by atoms with Crippen LogP contribution in [0.2, 0.25) is 10.0 Å². The van der Waals surface area contributed by atoms with E-state index < -0.39 is 6.10 Å². The molecule has 1 atom stereocenters. The minimum atomic E-state index is -0.616. The van der Waals surface area contributed by atoms with Crippen LogP contribution in [0.5, 0.6) is 11.5 Å². The number of amides is 1. The van der Waals surface area contributed by atoms with Crippen molar-refractivity contribution in [3.8, 4) is 11.5 Å². The summed E-state index contributed by atoms with van der Waals surface area (Å²) in [5.41, 5.74) is 2.24. The fourth-order valence-corrected chi connectivity index (χ4v) is 3.33. The van der Waals surface area contributed by atoms with Gasteiger partial charge in [0.05, 0.1) is 11.6 Å². The van der Waals surface area contributed by atoms with Crippen molar-refractivity contribution >= 4 is 29.1 Å². The summed E-state index contributed by atoms with van der Waals surface area (Å²) >= 11 is 12.0. The molecule has 3 rings (SSSR count). The summed E-state index contributed by atoms with van der Waals surface area (Å²) in [5, 5.41) is 3.85. The van der Waals surface area contributed by atoms with E-state index in [-0.39, 0.29) is 5.91 Å². The molecule has 0 unspecified atom stereocenters. The molecule has 0 saturated carbocycles. The van der Waals surface area contributed by atoms with Crippen LogP contribution < -0.4 is 14.8 Å². The molecule has 0 saturated heterocycles. The molecular formula is C20H21Cl2NO3. The smallest absolute Gasteiger partial charge is 0.261 e. The number of carbonyl (C=O) groups excluding carboxylic acids is 1. The van der Waals surface area contributed by atoms with E-state index in [1.807, 2.05) is 19.1 Å². The number of hydrogen-bond acceptors (Lipinski definition) is 3. The Morgan fingerprint density at radius 1 is 1.27 bits per heavy atom. The fraction of sp³-hybridized carbons (Fsp3) is 0.350. The molecule has 1 N–H and O–H groups in total. The number of benzene rings is 2. The van der Waals surface area contributed by atoms with Crippen LogP contribution >= 0.6 is 23.2 Å². The van der Waals surface area contributed by atoms with Gasteiger partial charge in [-0.1, -0.05) is 42.3 Å². The highest BCUT2D eigenvalue weighted by Crippen LogP contribution is 2.29. The van der Waals surface area contributed by atoms with Crippen LogP contribution in [-0.2, 0) is 17.8 Å². The first-order chi connectivity index (χ1) is 12.6. The van der Waals surface area contributed by atoms with Gasteiger partial charge in [0.15, 0.2) is 6.10 Å². The zero-order valence-corrected chi connectivity index (χ0v) is 16.1. The SMILES string of the molecule is CC[C@@H](Oc1ccc(Cl)cc1Cl)C(=O)NCc1ccc2c(c1)CCCO2. The van der Waals surface area contributed by atoms with E-state index in [2.05, 4.69) is 11.4 Å². The summed E-state index contributed by atoms with van der Waals surface area (Å²) in [5.74, 6) is 1.22. The lowest BCUT2D eigenvalue weighted by atomic mass is 10.0. The minimum absolute atomic E-state index is 0.174. The topological polar surface area (TPSA) is 47.6 Å². The first-order valence-electron chi connectivity index (χ1n) is 8.71. The average Bonchev–Trinajstić information content (AvgIpc) is 2.65. The highest BCUT2D eigenvalue weighted by molar-refractivity contribution is 6.35. The van der Waals surface area contributed by atoms with Crippen molar-refractivity contribution in [1.82, 2.24) is 5.32 Å². The van der Waals surface area contributed by atoms with Crippen LogP contribution in [0.25, 0.3) is 0 Å². The van der Waals surface area contributed by atoms with Crippen molar-refractivity contribution in [3.05, 3.63) is 57.6 Å². The van der Waals surface area contributed by atoms with Gasteiger partial charge in [0.25, 0.3) is 5.91 Å². The normalized spacial score (nSPS) is 14.1. The van der Waals surface area contributed by atoms with Crippen LogP contribution in [0.3, 0.4) is 0 Å². The lowest BCUT2D eigenvalue weighted by Crippen LogP contribution is -2.37. The third-order valence-electron chi connectivity index (χ3n) is 4.27. The lowest BCUT2D eigenvalue weighted by Gasteiger charge is -2.20. The van der Waals surface area contributed by atoms with Crippen LogP contribution in [-0.4, -0.2) is 18.6 Å². The maximum atomic E-state index is 12.5. The summed E-state index contributed by atoms with van der Waals surface area (Å²) < 4.78 is 11.4. The van der Waals surface area contributed by atoms with Crippen LogP contribution in [0.4, 0.5) is 0 Å². The summed E-state index contributed by atoms with van der Waals surface area (Å²) in [6, 6.07) is 11.0. The third kappa shape index (κ3) is 4.63. The minimum Gasteiger partial charge on any atom is -0.493 e. The monoisotopic (exact) mass is 393 g/mol. The largest absolute Gasteiger partial charge is 0.493 e. The Labute approximate surface area is 163 Å². The molecule has 0 bridgehead atoms. The zero-order chi connectivity index (χ0) is 18.5. The lowest BCUT2D eigenvalue weighted by molar-refractivity contribution is -0.128. The molecule has 138 valence electrons.